The van der Waals surface area contributed by atoms with E-state index in [4.69, 9.17) is 10.5 Å². The fourth-order valence-corrected chi connectivity index (χ4v) is 5.88. The third-order valence-corrected chi connectivity index (χ3v) is 7.53. The Morgan fingerprint density at radius 2 is 1.97 bits per heavy atom. The number of hydrogen-bond acceptors (Lipinski definition) is 7. The highest BCUT2D eigenvalue weighted by molar-refractivity contribution is 7.22. The van der Waals surface area contributed by atoms with Crippen LogP contribution in [0.15, 0.2) is 48.8 Å². The largest absolute Gasteiger partial charge is 0.497 e. The smallest absolute Gasteiger partial charge is 0.185 e. The molecule has 0 aliphatic carbocycles. The molecule has 0 spiro atoms. The predicted octanol–water partition coefficient (Wildman–Crippen LogP) is 5.24. The number of ketones is 1. The molecule has 0 amide bonds. The van der Waals surface area contributed by atoms with Gasteiger partial charge in [-0.05, 0) is 36.6 Å². The van der Waals surface area contributed by atoms with Crippen molar-refractivity contribution in [2.24, 2.45) is 11.7 Å². The van der Waals surface area contributed by atoms with Crippen molar-refractivity contribution in [1.82, 2.24) is 9.97 Å². The van der Waals surface area contributed by atoms with Crippen LogP contribution < -0.4 is 15.4 Å². The lowest BCUT2D eigenvalue weighted by atomic mass is 9.95. The number of aromatic nitrogens is 2. The summed E-state index contributed by atoms with van der Waals surface area (Å²) in [6.07, 6.45) is 4.56. The maximum Gasteiger partial charge on any atom is 0.185 e. The first-order chi connectivity index (χ1) is 17.3. The Kier molecular flexibility index (Phi) is 6.68. The van der Waals surface area contributed by atoms with Crippen molar-refractivity contribution in [1.29, 1.82) is 0 Å². The van der Waals surface area contributed by atoms with Gasteiger partial charge < -0.3 is 15.4 Å². The molecule has 1 aliphatic rings. The van der Waals surface area contributed by atoms with Gasteiger partial charge in [0.25, 0.3) is 0 Å². The second-order valence-corrected chi connectivity index (χ2v) is 10.4. The average molecular weight is 509 g/mol. The van der Waals surface area contributed by atoms with E-state index in [0.717, 1.165) is 47.6 Å². The summed E-state index contributed by atoms with van der Waals surface area (Å²) in [5, 5.41) is 0. The van der Waals surface area contributed by atoms with E-state index in [1.165, 1.54) is 18.4 Å². The first-order valence-electron chi connectivity index (χ1n) is 11.7. The summed E-state index contributed by atoms with van der Waals surface area (Å²) in [4.78, 5) is 24.6. The summed E-state index contributed by atoms with van der Waals surface area (Å²) in [6.45, 7) is 3.78. The second kappa shape index (κ2) is 9.91. The highest BCUT2D eigenvalue weighted by Crippen LogP contribution is 2.37. The fourth-order valence-electron chi connectivity index (χ4n) is 4.83. The van der Waals surface area contributed by atoms with Crippen molar-refractivity contribution in [2.75, 3.05) is 25.1 Å². The van der Waals surface area contributed by atoms with Gasteiger partial charge in [-0.1, -0.05) is 6.92 Å². The lowest BCUT2D eigenvalue weighted by molar-refractivity contribution is 0.0988. The minimum atomic E-state index is -0.717. The molecule has 5 rings (SSSR count). The number of methoxy groups -OCH3 is 1. The number of carbonyl (C=O) groups is 1. The number of ether oxygens (including phenoxy) is 1. The molecule has 0 radical (unpaired) electrons. The van der Waals surface area contributed by atoms with Crippen LogP contribution in [-0.2, 0) is 6.42 Å². The lowest BCUT2D eigenvalue weighted by Gasteiger charge is -2.37. The summed E-state index contributed by atoms with van der Waals surface area (Å²) >= 11 is 1.22. The van der Waals surface area contributed by atoms with E-state index >= 15 is 0 Å². The number of rotatable bonds is 6. The van der Waals surface area contributed by atoms with E-state index < -0.39 is 11.6 Å². The molecule has 2 N–H and O–H groups in total. The molecule has 0 bridgehead atoms. The molecule has 1 saturated heterocycles. The number of pyridine rings is 2. The number of fused-ring (bicyclic) bond motifs is 1. The molecule has 186 valence electrons. The first kappa shape index (κ1) is 24.3. The maximum absolute atomic E-state index is 14.6. The van der Waals surface area contributed by atoms with Crippen LogP contribution in [0, 0.1) is 17.6 Å². The van der Waals surface area contributed by atoms with Crippen LogP contribution >= 0.6 is 11.3 Å². The molecule has 2 atom stereocenters. The predicted molar refractivity (Wildman–Crippen MR) is 138 cm³/mol. The van der Waals surface area contributed by atoms with Crippen molar-refractivity contribution in [3.8, 4) is 16.2 Å². The number of Topliss-reactive ketones (excluding diaryl/α,β-unsaturated/α-hetero) is 1. The molecule has 0 saturated carbocycles. The SMILES string of the molecule is COc1cc(F)c(-c2cc3nc(C(=O)Cc4cnccc4N4C[C@H](C)C[C@H](N)C4)ccc3s2)c(F)c1. The van der Waals surface area contributed by atoms with Crippen LogP contribution in [0.25, 0.3) is 20.7 Å². The molecule has 36 heavy (non-hydrogen) atoms. The molecule has 6 nitrogen and oxygen atoms in total. The number of halogens is 2. The van der Waals surface area contributed by atoms with Gasteiger partial charge in [0.2, 0.25) is 0 Å². The van der Waals surface area contributed by atoms with E-state index in [-0.39, 0.29) is 29.6 Å². The number of benzene rings is 1. The van der Waals surface area contributed by atoms with Crippen LogP contribution in [0.1, 0.15) is 29.4 Å². The Balaban J connectivity index is 1.41. The number of nitrogens with two attached hydrogens (primary N) is 1. The Morgan fingerprint density at radius 3 is 2.69 bits per heavy atom. The van der Waals surface area contributed by atoms with Crippen molar-refractivity contribution in [3.63, 3.8) is 0 Å². The van der Waals surface area contributed by atoms with Gasteiger partial charge in [-0.25, -0.2) is 13.8 Å². The van der Waals surface area contributed by atoms with Crippen LogP contribution in [0.5, 0.6) is 5.75 Å². The lowest BCUT2D eigenvalue weighted by Crippen LogP contribution is -2.46. The standard InChI is InChI=1S/C27H26F2N4O2S/c1-15-7-17(30)14-33(13-15)23-5-6-31-12-16(23)8-24(34)21-3-4-25-22(32-21)11-26(36-25)27-19(28)9-18(35-2)10-20(27)29/h3-6,9-12,15,17H,7-8,13-14,30H2,1-2H3/t15-,17+/m1/s1. The molecule has 3 aromatic heterocycles. The zero-order valence-corrected chi connectivity index (χ0v) is 20.8. The van der Waals surface area contributed by atoms with Gasteiger partial charge in [-0.3, -0.25) is 9.78 Å². The minimum Gasteiger partial charge on any atom is -0.497 e. The third-order valence-electron chi connectivity index (χ3n) is 6.42. The van der Waals surface area contributed by atoms with Gasteiger partial charge in [0.05, 0.1) is 22.9 Å². The number of piperidine rings is 1. The molecule has 4 heterocycles. The van der Waals surface area contributed by atoms with Gasteiger partial charge >= 0.3 is 0 Å². The van der Waals surface area contributed by atoms with E-state index in [1.807, 2.05) is 6.07 Å². The van der Waals surface area contributed by atoms with Gasteiger partial charge in [-0.15, -0.1) is 11.3 Å². The number of nitrogens with zero attached hydrogens (tertiary/aromatic N) is 3. The second-order valence-electron chi connectivity index (χ2n) is 9.27. The Labute approximate surface area is 211 Å². The molecular formula is C27H26F2N4O2S. The van der Waals surface area contributed by atoms with Crippen LogP contribution in [-0.4, -0.2) is 42.0 Å². The highest BCUT2D eigenvalue weighted by Gasteiger charge is 2.25. The average Bonchev–Trinajstić information content (AvgIpc) is 3.26. The van der Waals surface area contributed by atoms with E-state index in [9.17, 15) is 13.6 Å². The van der Waals surface area contributed by atoms with Gasteiger partial charge in [0.15, 0.2) is 5.78 Å². The summed E-state index contributed by atoms with van der Waals surface area (Å²) in [7, 11) is 1.35. The van der Waals surface area contributed by atoms with E-state index in [1.54, 1.807) is 30.6 Å². The van der Waals surface area contributed by atoms with Gasteiger partial charge in [0, 0.05) is 66.2 Å². The highest BCUT2D eigenvalue weighted by atomic mass is 32.1. The summed E-state index contributed by atoms with van der Waals surface area (Å²) in [6, 6.07) is 9.32. The molecule has 0 unspecified atom stereocenters. The number of thiophene rings is 1. The first-order valence-corrected chi connectivity index (χ1v) is 12.5. The fraction of sp³-hybridized carbons (Fsp3) is 0.296. The molecule has 4 aromatic rings. The number of hydrogen-bond donors (Lipinski definition) is 1. The minimum absolute atomic E-state index is 0.0858. The molecule has 1 fully saturated rings. The monoisotopic (exact) mass is 508 g/mol. The third kappa shape index (κ3) is 4.81. The Bertz CT molecular complexity index is 1410. The van der Waals surface area contributed by atoms with E-state index in [2.05, 4.69) is 21.8 Å². The molecule has 1 aromatic carbocycles. The Hall–Kier alpha value is -3.43. The maximum atomic E-state index is 14.6. The van der Waals surface area contributed by atoms with E-state index in [0.29, 0.717) is 22.0 Å². The zero-order valence-electron chi connectivity index (χ0n) is 20.0. The van der Waals surface area contributed by atoms with Crippen molar-refractivity contribution >= 4 is 33.0 Å². The number of anilines is 1. The summed E-state index contributed by atoms with van der Waals surface area (Å²) in [5.74, 6) is -1.02. The topological polar surface area (TPSA) is 81.3 Å². The van der Waals surface area contributed by atoms with Crippen molar-refractivity contribution < 1.29 is 18.3 Å². The number of carbonyl (C=O) groups excluding carboxylic acids is 1. The quantitative estimate of drug-likeness (QED) is 0.359. The normalized spacial score (nSPS) is 18.0. The van der Waals surface area contributed by atoms with Crippen LogP contribution in [0.2, 0.25) is 0 Å². The summed E-state index contributed by atoms with van der Waals surface area (Å²) in [5.41, 5.74) is 8.69. The van der Waals surface area contributed by atoms with Crippen LogP contribution in [0.4, 0.5) is 14.5 Å². The molecular weight excluding hydrogens is 482 g/mol. The van der Waals surface area contributed by atoms with Crippen LogP contribution in [0.3, 0.4) is 0 Å². The zero-order chi connectivity index (χ0) is 25.4. The van der Waals surface area contributed by atoms with Gasteiger partial charge in [0.1, 0.15) is 23.1 Å². The van der Waals surface area contributed by atoms with Crippen molar-refractivity contribution in [2.45, 2.75) is 25.8 Å². The summed E-state index contributed by atoms with van der Waals surface area (Å²) < 4.78 is 34.9. The van der Waals surface area contributed by atoms with Crippen molar-refractivity contribution in [3.05, 3.63) is 71.7 Å². The molecule has 9 heteroatoms. The van der Waals surface area contributed by atoms with Gasteiger partial charge in [-0.2, -0.15) is 0 Å². The molecule has 1 aliphatic heterocycles. The Morgan fingerprint density at radius 1 is 1.19 bits per heavy atom.